The van der Waals surface area contributed by atoms with E-state index < -0.39 is 5.97 Å². The van der Waals surface area contributed by atoms with Gasteiger partial charge in [-0.1, -0.05) is 70.9 Å². The zero-order valence-electron chi connectivity index (χ0n) is 23.7. The van der Waals surface area contributed by atoms with Gasteiger partial charge in [0.25, 0.3) is 0 Å². The van der Waals surface area contributed by atoms with E-state index in [0.717, 1.165) is 38.5 Å². The van der Waals surface area contributed by atoms with Crippen LogP contribution in [-0.2, 0) is 23.8 Å². The van der Waals surface area contributed by atoms with Crippen LogP contribution >= 0.6 is 0 Å². The molecule has 7 nitrogen and oxygen atoms in total. The lowest BCUT2D eigenvalue weighted by Crippen LogP contribution is -2.37. The molecule has 0 spiro atoms. The van der Waals surface area contributed by atoms with E-state index in [9.17, 15) is 9.59 Å². The van der Waals surface area contributed by atoms with Crippen molar-refractivity contribution >= 4 is 11.9 Å². The van der Waals surface area contributed by atoms with E-state index >= 15 is 0 Å². The summed E-state index contributed by atoms with van der Waals surface area (Å²) >= 11 is 0. The van der Waals surface area contributed by atoms with E-state index in [1.807, 2.05) is 20.2 Å². The van der Waals surface area contributed by atoms with Gasteiger partial charge in [-0.05, 0) is 52.6 Å². The number of hydrogen-bond donors (Lipinski definition) is 1. The van der Waals surface area contributed by atoms with Crippen molar-refractivity contribution in [1.82, 2.24) is 4.90 Å². The number of likely N-dealkylation sites (N-methyl/N-ethyl adjacent to an activating group) is 1. The van der Waals surface area contributed by atoms with Crippen molar-refractivity contribution in [3.8, 4) is 0 Å². The van der Waals surface area contributed by atoms with E-state index in [-0.39, 0.29) is 17.9 Å². The Balaban J connectivity index is 3.61. The number of nitrogens with zero attached hydrogens (tertiary/aromatic N) is 1. The fraction of sp³-hybridized carbons (Fsp3) is 0.862. The van der Waals surface area contributed by atoms with Crippen molar-refractivity contribution < 1.29 is 28.9 Å². The number of esters is 1. The van der Waals surface area contributed by atoms with Crippen molar-refractivity contribution in [3.05, 3.63) is 12.2 Å². The highest BCUT2D eigenvalue weighted by Crippen LogP contribution is 2.09. The molecular weight excluding hydrogens is 458 g/mol. The number of carboxylic acids is 1. The summed E-state index contributed by atoms with van der Waals surface area (Å²) in [6.45, 7) is 6.88. The van der Waals surface area contributed by atoms with Crippen LogP contribution in [0.25, 0.3) is 0 Å². The first-order valence-electron chi connectivity index (χ1n) is 14.2. The van der Waals surface area contributed by atoms with Gasteiger partial charge >= 0.3 is 11.9 Å². The maximum Gasteiger partial charge on any atom is 0.306 e. The zero-order chi connectivity index (χ0) is 26.9. The summed E-state index contributed by atoms with van der Waals surface area (Å²) in [5, 5.41) is 8.90. The lowest BCUT2D eigenvalue weighted by molar-refractivity contribution is -0.143. The molecule has 2 unspecified atom stereocenters. The number of allylic oxidation sites excluding steroid dienone is 1. The van der Waals surface area contributed by atoms with E-state index in [1.165, 1.54) is 38.5 Å². The molecule has 7 heteroatoms. The van der Waals surface area contributed by atoms with Crippen LogP contribution in [0.5, 0.6) is 0 Å². The van der Waals surface area contributed by atoms with Crippen LogP contribution in [0.4, 0.5) is 0 Å². The van der Waals surface area contributed by atoms with Crippen LogP contribution in [-0.4, -0.2) is 75.1 Å². The second-order valence-corrected chi connectivity index (χ2v) is 10.0. The Hall–Kier alpha value is -1.44. The molecule has 0 saturated carbocycles. The molecule has 212 valence electrons. The highest BCUT2D eigenvalue weighted by Gasteiger charge is 2.13. The smallest absolute Gasteiger partial charge is 0.306 e. The molecule has 0 amide bonds. The van der Waals surface area contributed by atoms with Gasteiger partial charge in [0.1, 0.15) is 6.61 Å². The molecule has 0 aromatic rings. The Kier molecular flexibility index (Phi) is 24.2. The van der Waals surface area contributed by atoms with E-state index in [1.54, 1.807) is 6.92 Å². The predicted octanol–water partition coefficient (Wildman–Crippen LogP) is 6.25. The molecule has 2 atom stereocenters. The van der Waals surface area contributed by atoms with Gasteiger partial charge in [-0.3, -0.25) is 9.59 Å². The van der Waals surface area contributed by atoms with Crippen molar-refractivity contribution in [1.29, 1.82) is 0 Å². The Morgan fingerprint density at radius 3 is 2.08 bits per heavy atom. The monoisotopic (exact) mass is 513 g/mol. The number of rotatable bonds is 26. The lowest BCUT2D eigenvalue weighted by atomic mass is 10.1. The third-order valence-electron chi connectivity index (χ3n) is 6.35. The van der Waals surface area contributed by atoms with Crippen molar-refractivity contribution in [2.75, 3.05) is 47.1 Å². The average Bonchev–Trinajstić information content (AvgIpc) is 2.84. The molecule has 0 aromatic carbocycles. The highest BCUT2D eigenvalue weighted by atomic mass is 16.5. The van der Waals surface area contributed by atoms with E-state index in [4.69, 9.17) is 19.3 Å². The summed E-state index contributed by atoms with van der Waals surface area (Å²) < 4.78 is 16.9. The SMILES string of the molecule is CCCCCCCCC=CCOC(=O)CCCCCOCC(COCCCCC(C)C(=O)O)N(C)C. The minimum absolute atomic E-state index is 0.123. The molecule has 0 bridgehead atoms. The Morgan fingerprint density at radius 1 is 0.833 bits per heavy atom. The maximum absolute atomic E-state index is 11.8. The molecule has 0 rings (SSSR count). The van der Waals surface area contributed by atoms with Gasteiger partial charge in [-0.25, -0.2) is 0 Å². The molecule has 0 saturated heterocycles. The number of carbonyl (C=O) groups is 2. The van der Waals surface area contributed by atoms with Gasteiger partial charge in [0.15, 0.2) is 0 Å². The van der Waals surface area contributed by atoms with Crippen LogP contribution < -0.4 is 0 Å². The number of ether oxygens (including phenoxy) is 3. The standard InChI is InChI=1S/C29H55NO6/c1-5-6-7-8-9-10-11-12-17-23-36-28(31)20-14-13-16-21-34-24-27(30(3)4)25-35-22-18-15-19-26(2)29(32)33/h12,17,26-27H,5-11,13-16,18-25H2,1-4H3,(H,32,33). The average molecular weight is 514 g/mol. The van der Waals surface area contributed by atoms with Gasteiger partial charge in [0, 0.05) is 19.6 Å². The first kappa shape index (κ1) is 34.6. The molecule has 0 heterocycles. The number of unbranched alkanes of at least 4 members (excludes halogenated alkanes) is 9. The number of carbonyl (C=O) groups excluding carboxylic acids is 1. The topological polar surface area (TPSA) is 85.3 Å². The zero-order valence-corrected chi connectivity index (χ0v) is 23.7. The summed E-state index contributed by atoms with van der Waals surface area (Å²) in [5.41, 5.74) is 0. The number of carboxylic acid groups (broad SMARTS) is 1. The molecule has 36 heavy (non-hydrogen) atoms. The quantitative estimate of drug-likeness (QED) is 0.0831. The van der Waals surface area contributed by atoms with Crippen LogP contribution in [0.3, 0.4) is 0 Å². The number of hydrogen-bond acceptors (Lipinski definition) is 6. The Labute approximate surface area is 220 Å². The maximum atomic E-state index is 11.8. The Morgan fingerprint density at radius 2 is 1.44 bits per heavy atom. The molecule has 0 aliphatic carbocycles. The molecule has 0 aromatic heterocycles. The highest BCUT2D eigenvalue weighted by molar-refractivity contribution is 5.69. The first-order chi connectivity index (χ1) is 17.4. The van der Waals surface area contributed by atoms with Gasteiger partial charge in [0.2, 0.25) is 0 Å². The largest absolute Gasteiger partial charge is 0.481 e. The molecule has 1 N–H and O–H groups in total. The summed E-state index contributed by atoms with van der Waals surface area (Å²) in [4.78, 5) is 24.8. The second kappa shape index (κ2) is 25.2. The third kappa shape index (κ3) is 23.0. The van der Waals surface area contributed by atoms with Gasteiger partial charge < -0.3 is 24.2 Å². The van der Waals surface area contributed by atoms with Gasteiger partial charge in [-0.15, -0.1) is 0 Å². The summed E-state index contributed by atoms with van der Waals surface area (Å²) in [6.07, 6.45) is 18.5. The van der Waals surface area contributed by atoms with E-state index in [0.29, 0.717) is 45.9 Å². The molecule has 0 fully saturated rings. The summed E-state index contributed by atoms with van der Waals surface area (Å²) in [7, 11) is 4.03. The predicted molar refractivity (Wildman–Crippen MR) is 146 cm³/mol. The van der Waals surface area contributed by atoms with Crippen LogP contribution in [0.2, 0.25) is 0 Å². The number of aliphatic carboxylic acids is 1. The third-order valence-corrected chi connectivity index (χ3v) is 6.35. The minimum Gasteiger partial charge on any atom is -0.481 e. The minimum atomic E-state index is -0.734. The van der Waals surface area contributed by atoms with Gasteiger partial charge in [-0.2, -0.15) is 0 Å². The fourth-order valence-electron chi connectivity index (χ4n) is 3.65. The van der Waals surface area contributed by atoms with Crippen LogP contribution in [0.1, 0.15) is 104 Å². The molecule has 0 radical (unpaired) electrons. The van der Waals surface area contributed by atoms with Crippen molar-refractivity contribution in [2.24, 2.45) is 5.92 Å². The van der Waals surface area contributed by atoms with Crippen molar-refractivity contribution in [3.63, 3.8) is 0 Å². The normalized spacial score (nSPS) is 13.4. The summed E-state index contributed by atoms with van der Waals surface area (Å²) in [5.74, 6) is -1.15. The van der Waals surface area contributed by atoms with E-state index in [2.05, 4.69) is 17.9 Å². The van der Waals surface area contributed by atoms with Crippen LogP contribution in [0, 0.1) is 5.92 Å². The molecule has 0 aliphatic heterocycles. The first-order valence-corrected chi connectivity index (χ1v) is 14.2. The summed E-state index contributed by atoms with van der Waals surface area (Å²) in [6, 6.07) is 0.187. The Bertz CT molecular complexity index is 552. The second-order valence-electron chi connectivity index (χ2n) is 10.0. The fourth-order valence-corrected chi connectivity index (χ4v) is 3.65. The van der Waals surface area contributed by atoms with Crippen LogP contribution in [0.15, 0.2) is 12.2 Å². The molecule has 0 aliphatic rings. The lowest BCUT2D eigenvalue weighted by Gasteiger charge is -2.24. The molecular formula is C29H55NO6. The van der Waals surface area contributed by atoms with Gasteiger partial charge in [0.05, 0.1) is 25.2 Å². The van der Waals surface area contributed by atoms with Crippen molar-refractivity contribution in [2.45, 2.75) is 110 Å².